The third kappa shape index (κ3) is 3.93. The van der Waals surface area contributed by atoms with Gasteiger partial charge in [0.05, 0.1) is 5.56 Å². The zero-order chi connectivity index (χ0) is 15.6. The number of anilines is 1. The molecule has 7 heteroatoms. The number of halogens is 6. The van der Waals surface area contributed by atoms with E-state index in [9.17, 15) is 22.0 Å². The molecular formula is C14H9BrF5N. The molecule has 2 aromatic rings. The lowest BCUT2D eigenvalue weighted by Gasteiger charge is -2.13. The summed E-state index contributed by atoms with van der Waals surface area (Å²) in [4.78, 5) is 0. The average molecular weight is 366 g/mol. The topological polar surface area (TPSA) is 12.0 Å². The molecule has 112 valence electrons. The normalized spacial score (nSPS) is 11.5. The molecule has 0 aliphatic rings. The van der Waals surface area contributed by atoms with Crippen molar-refractivity contribution in [2.24, 2.45) is 0 Å². The van der Waals surface area contributed by atoms with Crippen molar-refractivity contribution in [1.82, 2.24) is 0 Å². The van der Waals surface area contributed by atoms with Crippen LogP contribution in [0.3, 0.4) is 0 Å². The Balaban J connectivity index is 2.19. The highest BCUT2D eigenvalue weighted by molar-refractivity contribution is 9.10. The smallest absolute Gasteiger partial charge is 0.381 e. The van der Waals surface area contributed by atoms with Crippen LogP contribution in [0.4, 0.5) is 27.6 Å². The summed E-state index contributed by atoms with van der Waals surface area (Å²) in [6.45, 7) is -0.122. The van der Waals surface area contributed by atoms with E-state index in [0.717, 1.165) is 24.3 Å². The molecule has 1 N–H and O–H groups in total. The summed E-state index contributed by atoms with van der Waals surface area (Å²) in [5, 5.41) is 2.64. The van der Waals surface area contributed by atoms with Gasteiger partial charge in [-0.3, -0.25) is 0 Å². The van der Waals surface area contributed by atoms with E-state index >= 15 is 0 Å². The Labute approximate surface area is 125 Å². The van der Waals surface area contributed by atoms with Crippen molar-refractivity contribution in [2.45, 2.75) is 12.7 Å². The molecule has 0 bridgehead atoms. The molecule has 0 saturated carbocycles. The molecule has 2 rings (SSSR count). The molecule has 2 aromatic carbocycles. The van der Waals surface area contributed by atoms with Crippen LogP contribution < -0.4 is 5.32 Å². The third-order valence-corrected chi connectivity index (χ3v) is 3.45. The maximum absolute atomic E-state index is 13.4. The minimum absolute atomic E-state index is 0.0338. The van der Waals surface area contributed by atoms with Crippen LogP contribution in [0.15, 0.2) is 40.9 Å². The first-order valence-electron chi connectivity index (χ1n) is 5.82. The molecule has 0 aliphatic heterocycles. The number of alkyl halides is 3. The molecule has 0 aliphatic carbocycles. The lowest BCUT2D eigenvalue weighted by Crippen LogP contribution is -2.08. The molecular weight excluding hydrogens is 357 g/mol. The molecule has 0 spiro atoms. The fourth-order valence-corrected chi connectivity index (χ4v) is 2.20. The summed E-state index contributed by atoms with van der Waals surface area (Å²) in [7, 11) is 0. The number of hydrogen-bond donors (Lipinski definition) is 1. The monoisotopic (exact) mass is 365 g/mol. The summed E-state index contributed by atoms with van der Waals surface area (Å²) < 4.78 is 64.5. The minimum atomic E-state index is -4.50. The van der Waals surface area contributed by atoms with Crippen LogP contribution in [0.2, 0.25) is 0 Å². The highest BCUT2D eigenvalue weighted by atomic mass is 79.9. The van der Waals surface area contributed by atoms with Crippen molar-refractivity contribution >= 4 is 21.6 Å². The lowest BCUT2D eigenvalue weighted by atomic mass is 10.1. The molecule has 0 unspecified atom stereocenters. The SMILES string of the molecule is Fc1ccc(F)c(CNc2ccc(Br)c(C(F)(F)F)c2)c1. The van der Waals surface area contributed by atoms with E-state index < -0.39 is 23.4 Å². The summed E-state index contributed by atoms with van der Waals surface area (Å²) in [6, 6.07) is 6.49. The summed E-state index contributed by atoms with van der Waals surface area (Å²) in [6.07, 6.45) is -4.50. The Hall–Kier alpha value is -1.63. The number of nitrogens with one attached hydrogen (secondary N) is 1. The lowest BCUT2D eigenvalue weighted by molar-refractivity contribution is -0.138. The molecule has 0 heterocycles. The number of hydrogen-bond acceptors (Lipinski definition) is 1. The van der Waals surface area contributed by atoms with Crippen molar-refractivity contribution < 1.29 is 22.0 Å². The minimum Gasteiger partial charge on any atom is -0.381 e. The molecule has 1 nitrogen and oxygen atoms in total. The van der Waals surface area contributed by atoms with E-state index in [-0.39, 0.29) is 22.3 Å². The average Bonchev–Trinajstić information content (AvgIpc) is 2.40. The quantitative estimate of drug-likeness (QED) is 0.722. The van der Waals surface area contributed by atoms with Crippen molar-refractivity contribution in [3.8, 4) is 0 Å². The second-order valence-corrected chi connectivity index (χ2v) is 5.14. The largest absolute Gasteiger partial charge is 0.417 e. The van der Waals surface area contributed by atoms with Crippen LogP contribution in [0.25, 0.3) is 0 Å². The van der Waals surface area contributed by atoms with Crippen molar-refractivity contribution in [1.29, 1.82) is 0 Å². The van der Waals surface area contributed by atoms with E-state index in [0.29, 0.717) is 0 Å². The van der Waals surface area contributed by atoms with Gasteiger partial charge in [0.2, 0.25) is 0 Å². The Kier molecular flexibility index (Phi) is 4.51. The third-order valence-electron chi connectivity index (χ3n) is 2.76. The number of rotatable bonds is 3. The first-order valence-corrected chi connectivity index (χ1v) is 6.61. The van der Waals surface area contributed by atoms with E-state index in [1.54, 1.807) is 0 Å². The van der Waals surface area contributed by atoms with Crippen molar-refractivity contribution in [3.63, 3.8) is 0 Å². The Bertz CT molecular complexity index is 654. The van der Waals surface area contributed by atoms with E-state index in [4.69, 9.17) is 0 Å². The fourth-order valence-electron chi connectivity index (χ4n) is 1.73. The highest BCUT2D eigenvalue weighted by Crippen LogP contribution is 2.36. The van der Waals surface area contributed by atoms with E-state index in [1.807, 2.05) is 0 Å². The first-order chi connectivity index (χ1) is 9.77. The van der Waals surface area contributed by atoms with Crippen LogP contribution in [0, 0.1) is 11.6 Å². The van der Waals surface area contributed by atoms with Crippen molar-refractivity contribution in [3.05, 3.63) is 63.6 Å². The fraction of sp³-hybridized carbons (Fsp3) is 0.143. The molecule has 0 aromatic heterocycles. The summed E-state index contributed by atoms with van der Waals surface area (Å²) in [5.74, 6) is -1.24. The van der Waals surface area contributed by atoms with Gasteiger partial charge in [-0.2, -0.15) is 13.2 Å². The molecule has 0 atom stereocenters. The second kappa shape index (κ2) is 6.01. The maximum Gasteiger partial charge on any atom is 0.417 e. The second-order valence-electron chi connectivity index (χ2n) is 4.28. The van der Waals surface area contributed by atoms with Crippen LogP contribution in [0.5, 0.6) is 0 Å². The highest BCUT2D eigenvalue weighted by Gasteiger charge is 2.33. The zero-order valence-electron chi connectivity index (χ0n) is 10.4. The van der Waals surface area contributed by atoms with Crippen LogP contribution >= 0.6 is 15.9 Å². The summed E-state index contributed by atoms with van der Waals surface area (Å²) in [5.41, 5.74) is -0.645. The first kappa shape index (κ1) is 15.8. The standard InChI is InChI=1S/C14H9BrF5N/c15-12-3-2-10(6-11(12)14(18,19)20)21-7-8-5-9(16)1-4-13(8)17/h1-6,21H,7H2. The van der Waals surface area contributed by atoms with E-state index in [1.165, 1.54) is 12.1 Å². The van der Waals surface area contributed by atoms with Crippen molar-refractivity contribution in [2.75, 3.05) is 5.32 Å². The van der Waals surface area contributed by atoms with Gasteiger partial charge in [-0.05, 0) is 36.4 Å². The van der Waals surface area contributed by atoms with Crippen LogP contribution in [-0.4, -0.2) is 0 Å². The molecule has 0 amide bonds. The molecule has 0 radical (unpaired) electrons. The Morgan fingerprint density at radius 1 is 1.00 bits per heavy atom. The van der Waals surface area contributed by atoms with Gasteiger partial charge in [0.1, 0.15) is 11.6 Å². The van der Waals surface area contributed by atoms with Gasteiger partial charge < -0.3 is 5.32 Å². The van der Waals surface area contributed by atoms with Gasteiger partial charge in [-0.25, -0.2) is 8.78 Å². The van der Waals surface area contributed by atoms with E-state index in [2.05, 4.69) is 21.2 Å². The molecule has 0 fully saturated rings. The maximum atomic E-state index is 13.4. The molecule has 0 saturated heterocycles. The van der Waals surface area contributed by atoms with Gasteiger partial charge in [0.25, 0.3) is 0 Å². The summed E-state index contributed by atoms with van der Waals surface area (Å²) >= 11 is 2.83. The van der Waals surface area contributed by atoms with Gasteiger partial charge in [-0.15, -0.1) is 0 Å². The Morgan fingerprint density at radius 2 is 1.71 bits per heavy atom. The van der Waals surface area contributed by atoms with Crippen LogP contribution in [0.1, 0.15) is 11.1 Å². The zero-order valence-corrected chi connectivity index (χ0v) is 12.0. The molecule has 21 heavy (non-hydrogen) atoms. The predicted molar refractivity (Wildman–Crippen MR) is 72.8 cm³/mol. The Morgan fingerprint density at radius 3 is 2.38 bits per heavy atom. The van der Waals surface area contributed by atoms with Gasteiger partial charge >= 0.3 is 6.18 Å². The predicted octanol–water partition coefficient (Wildman–Crippen LogP) is 5.36. The van der Waals surface area contributed by atoms with Crippen LogP contribution in [-0.2, 0) is 12.7 Å². The van der Waals surface area contributed by atoms with Gasteiger partial charge in [0, 0.05) is 22.3 Å². The number of benzene rings is 2. The van der Waals surface area contributed by atoms with Gasteiger partial charge in [0.15, 0.2) is 0 Å². The van der Waals surface area contributed by atoms with Gasteiger partial charge in [-0.1, -0.05) is 15.9 Å².